The fourth-order valence-corrected chi connectivity index (χ4v) is 2.43. The highest BCUT2D eigenvalue weighted by Crippen LogP contribution is 2.25. The quantitative estimate of drug-likeness (QED) is 0.667. The van der Waals surface area contributed by atoms with Gasteiger partial charge in [0.2, 0.25) is 11.1 Å². The Morgan fingerprint density at radius 2 is 2.30 bits per heavy atom. The minimum atomic E-state index is -0.361. The van der Waals surface area contributed by atoms with Crippen molar-refractivity contribution in [1.29, 1.82) is 0 Å². The van der Waals surface area contributed by atoms with Gasteiger partial charge in [0.15, 0.2) is 0 Å². The van der Waals surface area contributed by atoms with Crippen LogP contribution in [-0.2, 0) is 4.79 Å². The van der Waals surface area contributed by atoms with Gasteiger partial charge in [0.1, 0.15) is 6.33 Å². The number of halogens is 1. The molecule has 0 radical (unpaired) electrons. The first kappa shape index (κ1) is 14.7. The van der Waals surface area contributed by atoms with Crippen LogP contribution in [0.2, 0.25) is 5.02 Å². The molecular formula is C12H14ClN5OS. The second kappa shape index (κ2) is 6.15. The number of benzene rings is 1. The molecule has 20 heavy (non-hydrogen) atoms. The van der Waals surface area contributed by atoms with Crippen molar-refractivity contribution in [2.75, 3.05) is 11.2 Å². The van der Waals surface area contributed by atoms with Gasteiger partial charge in [0.05, 0.1) is 5.25 Å². The Balaban J connectivity index is 2.04. The summed E-state index contributed by atoms with van der Waals surface area (Å²) in [5.74, 6) is 5.46. The fraction of sp³-hybridized carbons (Fsp3) is 0.250. The van der Waals surface area contributed by atoms with Gasteiger partial charge in [-0.05, 0) is 31.5 Å². The number of nitrogen functional groups attached to an aromatic ring is 1. The molecule has 0 fully saturated rings. The molecule has 1 heterocycles. The summed E-state index contributed by atoms with van der Waals surface area (Å²) in [4.78, 5) is 12.1. The van der Waals surface area contributed by atoms with Gasteiger partial charge in [-0.2, -0.15) is 0 Å². The molecule has 1 aromatic heterocycles. The maximum Gasteiger partial charge on any atom is 0.237 e. The van der Waals surface area contributed by atoms with Crippen LogP contribution in [0.3, 0.4) is 0 Å². The lowest BCUT2D eigenvalue weighted by Gasteiger charge is -2.13. The summed E-state index contributed by atoms with van der Waals surface area (Å²) < 4.78 is 1.28. The van der Waals surface area contributed by atoms with E-state index >= 15 is 0 Å². The van der Waals surface area contributed by atoms with Crippen molar-refractivity contribution in [2.45, 2.75) is 24.3 Å². The molecule has 0 aliphatic rings. The standard InChI is InChI=1S/C12H14ClN5OS/c1-7-9(13)4-3-5-10(7)16-11(19)8(2)20-12-17-15-6-18(12)14/h3-6,8H,14H2,1-2H3,(H,16,19)/t8-/m1/s1. The molecule has 8 heteroatoms. The normalized spacial score (nSPS) is 12.2. The largest absolute Gasteiger partial charge is 0.336 e. The average Bonchev–Trinajstić information content (AvgIpc) is 2.80. The maximum absolute atomic E-state index is 12.1. The van der Waals surface area contributed by atoms with Crippen molar-refractivity contribution in [3.8, 4) is 0 Å². The van der Waals surface area contributed by atoms with Gasteiger partial charge in [0, 0.05) is 10.7 Å². The van der Waals surface area contributed by atoms with E-state index in [0.29, 0.717) is 15.9 Å². The average molecular weight is 312 g/mol. The molecule has 1 atom stereocenters. The molecule has 6 nitrogen and oxygen atoms in total. The van der Waals surface area contributed by atoms with Gasteiger partial charge in [-0.3, -0.25) is 4.79 Å². The van der Waals surface area contributed by atoms with Crippen LogP contribution in [0.1, 0.15) is 12.5 Å². The summed E-state index contributed by atoms with van der Waals surface area (Å²) in [7, 11) is 0. The van der Waals surface area contributed by atoms with Gasteiger partial charge >= 0.3 is 0 Å². The van der Waals surface area contributed by atoms with Gasteiger partial charge in [-0.25, -0.2) is 4.68 Å². The third-order valence-electron chi connectivity index (χ3n) is 2.72. The first-order valence-corrected chi connectivity index (χ1v) is 7.12. The number of aromatic nitrogens is 3. The summed E-state index contributed by atoms with van der Waals surface area (Å²) in [5.41, 5.74) is 1.53. The number of nitrogens with one attached hydrogen (secondary N) is 1. The lowest BCUT2D eigenvalue weighted by molar-refractivity contribution is -0.115. The molecule has 0 saturated heterocycles. The lowest BCUT2D eigenvalue weighted by atomic mass is 10.2. The number of hydrogen-bond acceptors (Lipinski definition) is 5. The van der Waals surface area contributed by atoms with E-state index in [1.54, 1.807) is 19.1 Å². The van der Waals surface area contributed by atoms with E-state index in [0.717, 1.165) is 5.56 Å². The summed E-state index contributed by atoms with van der Waals surface area (Å²) in [5, 5.41) is 11.1. The van der Waals surface area contributed by atoms with E-state index in [1.807, 2.05) is 13.0 Å². The third-order valence-corrected chi connectivity index (χ3v) is 4.20. The van der Waals surface area contributed by atoms with E-state index in [-0.39, 0.29) is 11.2 Å². The molecule has 0 bridgehead atoms. The second-order valence-electron chi connectivity index (χ2n) is 4.18. The Bertz CT molecular complexity index is 630. The molecule has 0 saturated carbocycles. The molecule has 0 spiro atoms. The molecule has 2 rings (SSSR count). The van der Waals surface area contributed by atoms with Crippen molar-refractivity contribution < 1.29 is 4.79 Å². The van der Waals surface area contributed by atoms with Crippen LogP contribution in [0.25, 0.3) is 0 Å². The van der Waals surface area contributed by atoms with Crippen molar-refractivity contribution >= 4 is 35.0 Å². The number of rotatable bonds is 4. The van der Waals surface area contributed by atoms with Crippen molar-refractivity contribution in [3.05, 3.63) is 35.1 Å². The predicted octanol–water partition coefficient (Wildman–Crippen LogP) is 2.07. The van der Waals surface area contributed by atoms with E-state index in [1.165, 1.54) is 22.8 Å². The molecular weight excluding hydrogens is 298 g/mol. The number of anilines is 1. The maximum atomic E-state index is 12.1. The minimum Gasteiger partial charge on any atom is -0.336 e. The van der Waals surface area contributed by atoms with Crippen LogP contribution in [-0.4, -0.2) is 26.0 Å². The van der Waals surface area contributed by atoms with E-state index in [9.17, 15) is 4.79 Å². The zero-order chi connectivity index (χ0) is 14.7. The number of carbonyl (C=O) groups excluding carboxylic acids is 1. The third kappa shape index (κ3) is 3.23. The van der Waals surface area contributed by atoms with Crippen molar-refractivity contribution in [3.63, 3.8) is 0 Å². The first-order chi connectivity index (χ1) is 9.49. The molecule has 0 aliphatic carbocycles. The van der Waals surface area contributed by atoms with Gasteiger partial charge in [-0.15, -0.1) is 10.2 Å². The number of thioether (sulfide) groups is 1. The van der Waals surface area contributed by atoms with Crippen molar-refractivity contribution in [1.82, 2.24) is 14.9 Å². The summed E-state index contributed by atoms with van der Waals surface area (Å²) in [6, 6.07) is 5.38. The summed E-state index contributed by atoms with van der Waals surface area (Å²) in [6.45, 7) is 3.63. The SMILES string of the molecule is Cc1c(Cl)cccc1NC(=O)[C@@H](C)Sc1nncn1N. The lowest BCUT2D eigenvalue weighted by Crippen LogP contribution is -2.23. The number of hydrogen-bond donors (Lipinski definition) is 2. The predicted molar refractivity (Wildman–Crippen MR) is 80.3 cm³/mol. The van der Waals surface area contributed by atoms with E-state index in [4.69, 9.17) is 17.4 Å². The van der Waals surface area contributed by atoms with Crippen LogP contribution >= 0.6 is 23.4 Å². The summed E-state index contributed by atoms with van der Waals surface area (Å²) >= 11 is 7.25. The van der Waals surface area contributed by atoms with Crippen LogP contribution in [0.5, 0.6) is 0 Å². The van der Waals surface area contributed by atoms with Gasteiger partial charge in [0.25, 0.3) is 0 Å². The number of carbonyl (C=O) groups is 1. The molecule has 2 aromatic rings. The molecule has 106 valence electrons. The van der Waals surface area contributed by atoms with E-state index < -0.39 is 0 Å². The van der Waals surface area contributed by atoms with E-state index in [2.05, 4.69) is 15.5 Å². The Kier molecular flexibility index (Phi) is 4.51. The molecule has 1 aromatic carbocycles. The second-order valence-corrected chi connectivity index (χ2v) is 5.90. The zero-order valence-electron chi connectivity index (χ0n) is 11.0. The monoisotopic (exact) mass is 311 g/mol. The summed E-state index contributed by atoms with van der Waals surface area (Å²) in [6.07, 6.45) is 1.38. The Morgan fingerprint density at radius 1 is 1.55 bits per heavy atom. The zero-order valence-corrected chi connectivity index (χ0v) is 12.6. The minimum absolute atomic E-state index is 0.150. The number of nitrogens with two attached hydrogens (primary N) is 1. The van der Waals surface area contributed by atoms with Crippen LogP contribution < -0.4 is 11.2 Å². The Labute approximate surface area is 125 Å². The molecule has 0 unspecified atom stereocenters. The fourth-order valence-electron chi connectivity index (χ4n) is 1.51. The number of nitrogens with zero attached hydrogens (tertiary/aromatic N) is 3. The highest BCUT2D eigenvalue weighted by Gasteiger charge is 2.18. The van der Waals surface area contributed by atoms with Gasteiger partial charge < -0.3 is 11.2 Å². The Morgan fingerprint density at radius 3 is 2.95 bits per heavy atom. The molecule has 1 amide bonds. The topological polar surface area (TPSA) is 85.8 Å². The Hall–Kier alpha value is -1.73. The van der Waals surface area contributed by atoms with Crippen LogP contribution in [0.15, 0.2) is 29.7 Å². The van der Waals surface area contributed by atoms with Crippen molar-refractivity contribution in [2.24, 2.45) is 0 Å². The molecule has 0 aliphatic heterocycles. The molecule has 3 N–H and O–H groups in total. The van der Waals surface area contributed by atoms with Crippen LogP contribution in [0.4, 0.5) is 5.69 Å². The van der Waals surface area contributed by atoms with Crippen LogP contribution in [0, 0.1) is 6.92 Å². The smallest absolute Gasteiger partial charge is 0.237 e. The van der Waals surface area contributed by atoms with Gasteiger partial charge in [-0.1, -0.05) is 29.4 Å². The number of amides is 1. The highest BCUT2D eigenvalue weighted by atomic mass is 35.5. The first-order valence-electron chi connectivity index (χ1n) is 5.86. The highest BCUT2D eigenvalue weighted by molar-refractivity contribution is 8.00.